The van der Waals surface area contributed by atoms with Crippen molar-refractivity contribution in [1.29, 1.82) is 0 Å². The van der Waals surface area contributed by atoms with Crippen LogP contribution in [0.3, 0.4) is 0 Å². The topological polar surface area (TPSA) is 51.8 Å². The van der Waals surface area contributed by atoms with E-state index in [9.17, 15) is 4.39 Å². The lowest BCUT2D eigenvalue weighted by Crippen LogP contribution is -1.96. The number of thioether (sulfide) groups is 1. The standard InChI is InChI=1S/C12H11ClFN3S/c1-7-4-11(13)17-12(16-7)6-18-10-3-2-8(14)5-9(10)15/h2-5H,6,15H2,1H3. The molecule has 0 saturated heterocycles. The molecule has 0 unspecified atom stereocenters. The third kappa shape index (κ3) is 3.34. The van der Waals surface area contributed by atoms with Gasteiger partial charge in [0, 0.05) is 16.3 Å². The van der Waals surface area contributed by atoms with Crippen LogP contribution < -0.4 is 5.73 Å². The summed E-state index contributed by atoms with van der Waals surface area (Å²) in [5.41, 5.74) is 6.95. The molecule has 0 fully saturated rings. The van der Waals surface area contributed by atoms with Crippen molar-refractivity contribution in [2.75, 3.05) is 5.73 Å². The van der Waals surface area contributed by atoms with E-state index in [1.54, 1.807) is 12.1 Å². The van der Waals surface area contributed by atoms with Crippen molar-refractivity contribution in [3.63, 3.8) is 0 Å². The van der Waals surface area contributed by atoms with Crippen LogP contribution in [-0.4, -0.2) is 9.97 Å². The van der Waals surface area contributed by atoms with Crippen LogP contribution in [-0.2, 0) is 5.75 Å². The van der Waals surface area contributed by atoms with Gasteiger partial charge in [0.15, 0.2) is 0 Å². The van der Waals surface area contributed by atoms with Crippen molar-refractivity contribution >= 4 is 29.1 Å². The molecule has 6 heteroatoms. The Morgan fingerprint density at radius 1 is 1.33 bits per heavy atom. The molecular formula is C12H11ClFN3S. The highest BCUT2D eigenvalue weighted by atomic mass is 35.5. The van der Waals surface area contributed by atoms with Gasteiger partial charge in [-0.15, -0.1) is 11.8 Å². The lowest BCUT2D eigenvalue weighted by molar-refractivity contribution is 0.627. The Balaban J connectivity index is 2.11. The van der Waals surface area contributed by atoms with E-state index in [0.717, 1.165) is 10.6 Å². The average molecular weight is 284 g/mol. The Hall–Kier alpha value is -1.33. The van der Waals surface area contributed by atoms with E-state index >= 15 is 0 Å². The molecule has 0 spiro atoms. The summed E-state index contributed by atoms with van der Waals surface area (Å²) in [5.74, 6) is 0.831. The highest BCUT2D eigenvalue weighted by Gasteiger charge is 2.05. The predicted molar refractivity (Wildman–Crippen MR) is 72.2 cm³/mol. The number of nitrogens with two attached hydrogens (primary N) is 1. The third-order valence-electron chi connectivity index (χ3n) is 2.20. The second kappa shape index (κ2) is 5.54. The third-order valence-corrected chi connectivity index (χ3v) is 3.48. The van der Waals surface area contributed by atoms with Crippen molar-refractivity contribution < 1.29 is 4.39 Å². The van der Waals surface area contributed by atoms with Crippen molar-refractivity contribution in [2.24, 2.45) is 0 Å². The first-order chi connectivity index (χ1) is 8.54. The Morgan fingerprint density at radius 2 is 2.11 bits per heavy atom. The molecule has 1 aromatic carbocycles. The lowest BCUT2D eigenvalue weighted by atomic mass is 10.3. The zero-order valence-electron chi connectivity index (χ0n) is 9.65. The first kappa shape index (κ1) is 13.1. The van der Waals surface area contributed by atoms with E-state index in [4.69, 9.17) is 17.3 Å². The van der Waals surface area contributed by atoms with Gasteiger partial charge in [-0.05, 0) is 31.2 Å². The van der Waals surface area contributed by atoms with E-state index in [2.05, 4.69) is 9.97 Å². The fourth-order valence-corrected chi connectivity index (χ4v) is 2.51. The first-order valence-electron chi connectivity index (χ1n) is 5.22. The van der Waals surface area contributed by atoms with E-state index in [1.807, 2.05) is 6.92 Å². The number of aromatic nitrogens is 2. The van der Waals surface area contributed by atoms with Gasteiger partial charge in [0.2, 0.25) is 0 Å². The highest BCUT2D eigenvalue weighted by molar-refractivity contribution is 7.98. The van der Waals surface area contributed by atoms with Crippen molar-refractivity contribution in [2.45, 2.75) is 17.6 Å². The van der Waals surface area contributed by atoms with E-state index in [0.29, 0.717) is 22.4 Å². The smallest absolute Gasteiger partial charge is 0.140 e. The number of hydrogen-bond donors (Lipinski definition) is 1. The van der Waals surface area contributed by atoms with Gasteiger partial charge in [-0.25, -0.2) is 14.4 Å². The minimum Gasteiger partial charge on any atom is -0.398 e. The SMILES string of the molecule is Cc1cc(Cl)nc(CSc2ccc(F)cc2N)n1. The molecule has 0 aliphatic heterocycles. The van der Waals surface area contributed by atoms with Crippen LogP contribution >= 0.6 is 23.4 Å². The maximum absolute atomic E-state index is 12.9. The fraction of sp³-hybridized carbons (Fsp3) is 0.167. The summed E-state index contributed by atoms with van der Waals surface area (Å²) in [5, 5.41) is 0.421. The molecule has 0 amide bonds. The molecule has 0 atom stereocenters. The van der Waals surface area contributed by atoms with Gasteiger partial charge in [0.1, 0.15) is 16.8 Å². The number of nitrogens with zero attached hydrogens (tertiary/aromatic N) is 2. The van der Waals surface area contributed by atoms with Gasteiger partial charge in [0.25, 0.3) is 0 Å². The number of hydrogen-bond acceptors (Lipinski definition) is 4. The number of nitrogen functional groups attached to an aromatic ring is 1. The Kier molecular flexibility index (Phi) is 4.04. The van der Waals surface area contributed by atoms with Crippen molar-refractivity contribution in [3.8, 4) is 0 Å². The molecule has 0 aliphatic rings. The molecule has 2 rings (SSSR count). The largest absolute Gasteiger partial charge is 0.398 e. The van der Waals surface area contributed by atoms with E-state index in [1.165, 1.54) is 23.9 Å². The van der Waals surface area contributed by atoms with Gasteiger partial charge >= 0.3 is 0 Å². The highest BCUT2D eigenvalue weighted by Crippen LogP contribution is 2.28. The molecule has 0 radical (unpaired) electrons. The second-order valence-corrected chi connectivity index (χ2v) is 5.12. The Labute approximate surface area is 114 Å². The molecule has 3 nitrogen and oxygen atoms in total. The molecule has 18 heavy (non-hydrogen) atoms. The number of benzene rings is 1. The summed E-state index contributed by atoms with van der Waals surface area (Å²) >= 11 is 7.30. The Bertz CT molecular complexity index is 557. The maximum atomic E-state index is 12.9. The Morgan fingerprint density at radius 3 is 2.78 bits per heavy atom. The lowest BCUT2D eigenvalue weighted by Gasteiger charge is -2.05. The van der Waals surface area contributed by atoms with Crippen LogP contribution in [0.2, 0.25) is 5.15 Å². The predicted octanol–water partition coefficient (Wildman–Crippen LogP) is 3.45. The number of halogens is 2. The zero-order chi connectivity index (χ0) is 13.1. The van der Waals surface area contributed by atoms with Crippen LogP contribution in [0.4, 0.5) is 10.1 Å². The van der Waals surface area contributed by atoms with Gasteiger partial charge < -0.3 is 5.73 Å². The molecule has 94 valence electrons. The molecule has 0 aliphatic carbocycles. The molecule has 2 aromatic rings. The summed E-state index contributed by atoms with van der Waals surface area (Å²) in [4.78, 5) is 9.18. The first-order valence-corrected chi connectivity index (χ1v) is 6.59. The number of aryl methyl sites for hydroxylation is 1. The van der Waals surface area contributed by atoms with Crippen LogP contribution in [0.1, 0.15) is 11.5 Å². The number of anilines is 1. The summed E-state index contributed by atoms with van der Waals surface area (Å²) in [6.07, 6.45) is 0. The molecule has 0 saturated carbocycles. The van der Waals surface area contributed by atoms with Gasteiger partial charge in [0.05, 0.1) is 5.75 Å². The van der Waals surface area contributed by atoms with Gasteiger partial charge in [-0.2, -0.15) is 0 Å². The summed E-state index contributed by atoms with van der Waals surface area (Å²) in [6.45, 7) is 1.86. The fourth-order valence-electron chi connectivity index (χ4n) is 1.45. The van der Waals surface area contributed by atoms with Crippen LogP contribution in [0.5, 0.6) is 0 Å². The quantitative estimate of drug-likeness (QED) is 0.532. The van der Waals surface area contributed by atoms with E-state index in [-0.39, 0.29) is 5.82 Å². The second-order valence-electron chi connectivity index (χ2n) is 3.72. The normalized spacial score (nSPS) is 10.6. The van der Waals surface area contributed by atoms with Crippen LogP contribution in [0.15, 0.2) is 29.2 Å². The number of rotatable bonds is 3. The molecular weight excluding hydrogens is 273 g/mol. The van der Waals surface area contributed by atoms with Crippen molar-refractivity contribution in [1.82, 2.24) is 9.97 Å². The maximum Gasteiger partial charge on any atom is 0.140 e. The summed E-state index contributed by atoms with van der Waals surface area (Å²) < 4.78 is 12.9. The van der Waals surface area contributed by atoms with Gasteiger partial charge in [-0.1, -0.05) is 11.6 Å². The molecule has 2 N–H and O–H groups in total. The van der Waals surface area contributed by atoms with Gasteiger partial charge in [-0.3, -0.25) is 0 Å². The zero-order valence-corrected chi connectivity index (χ0v) is 11.2. The molecule has 1 aromatic heterocycles. The van der Waals surface area contributed by atoms with Crippen LogP contribution in [0, 0.1) is 12.7 Å². The minimum atomic E-state index is -0.341. The summed E-state index contributed by atoms with van der Waals surface area (Å²) in [7, 11) is 0. The monoisotopic (exact) mass is 283 g/mol. The molecule has 0 bridgehead atoms. The minimum absolute atomic E-state index is 0.341. The summed E-state index contributed by atoms with van der Waals surface area (Å²) in [6, 6.07) is 6.02. The van der Waals surface area contributed by atoms with Crippen LogP contribution in [0.25, 0.3) is 0 Å². The average Bonchev–Trinajstić information content (AvgIpc) is 2.26. The van der Waals surface area contributed by atoms with E-state index < -0.39 is 0 Å². The molecule has 1 heterocycles. The van der Waals surface area contributed by atoms with Crippen molar-refractivity contribution in [3.05, 3.63) is 46.8 Å².